The summed E-state index contributed by atoms with van der Waals surface area (Å²) in [6.07, 6.45) is -0.441. The Balaban J connectivity index is 2.54. The summed E-state index contributed by atoms with van der Waals surface area (Å²) in [6, 6.07) is 0. The molecule has 0 aliphatic carbocycles. The van der Waals surface area contributed by atoms with E-state index in [1.165, 1.54) is 18.4 Å². The lowest BCUT2D eigenvalue weighted by Crippen LogP contribution is -2.26. The fourth-order valence-electron chi connectivity index (χ4n) is 0.725. The Hall–Kier alpha value is -0.940. The zero-order valence-electron chi connectivity index (χ0n) is 7.83. The molecule has 0 aliphatic rings. The van der Waals surface area contributed by atoms with Crippen LogP contribution < -0.4 is 5.32 Å². The van der Waals surface area contributed by atoms with Crippen LogP contribution in [0.25, 0.3) is 0 Å². The number of nitrogens with one attached hydrogen (secondary N) is 1. The molecule has 0 bridgehead atoms. The number of hydrogen-bond acceptors (Lipinski definition) is 4. The SMILES string of the molecule is COC(C)C(=O)Nc1nc(C)cs1. The van der Waals surface area contributed by atoms with Gasteiger partial charge in [-0.2, -0.15) is 0 Å². The first-order valence-electron chi connectivity index (χ1n) is 3.89. The van der Waals surface area contributed by atoms with Gasteiger partial charge in [0.25, 0.3) is 5.91 Å². The molecule has 0 spiro atoms. The molecule has 1 heterocycles. The lowest BCUT2D eigenvalue weighted by atomic mass is 10.4. The number of anilines is 1. The summed E-state index contributed by atoms with van der Waals surface area (Å²) >= 11 is 1.41. The van der Waals surface area contributed by atoms with Gasteiger partial charge >= 0.3 is 0 Å². The molecule has 0 fully saturated rings. The number of amides is 1. The Labute approximate surface area is 80.9 Å². The van der Waals surface area contributed by atoms with Crippen LogP contribution in [0.3, 0.4) is 0 Å². The molecule has 72 valence electrons. The first kappa shape index (κ1) is 10.1. The quantitative estimate of drug-likeness (QED) is 0.803. The van der Waals surface area contributed by atoms with Crippen molar-refractivity contribution in [1.29, 1.82) is 0 Å². The molecule has 5 heteroatoms. The number of carbonyl (C=O) groups is 1. The second kappa shape index (κ2) is 4.34. The standard InChI is InChI=1S/C8H12N2O2S/c1-5-4-13-8(9-5)10-7(11)6(2)12-3/h4,6H,1-3H3,(H,9,10,11). The van der Waals surface area contributed by atoms with Gasteiger partial charge in [-0.15, -0.1) is 11.3 Å². The largest absolute Gasteiger partial charge is 0.372 e. The number of nitrogens with zero attached hydrogens (tertiary/aromatic N) is 1. The van der Waals surface area contributed by atoms with Gasteiger partial charge in [-0.1, -0.05) is 0 Å². The molecule has 1 aromatic rings. The van der Waals surface area contributed by atoms with Gasteiger partial charge in [-0.05, 0) is 13.8 Å². The van der Waals surface area contributed by atoms with Crippen LogP contribution in [0.5, 0.6) is 0 Å². The molecule has 1 aromatic heterocycles. The van der Waals surface area contributed by atoms with E-state index in [4.69, 9.17) is 4.74 Å². The highest BCUT2D eigenvalue weighted by molar-refractivity contribution is 7.13. The number of thiazole rings is 1. The minimum Gasteiger partial charge on any atom is -0.372 e. The van der Waals surface area contributed by atoms with Gasteiger partial charge in [-0.3, -0.25) is 10.1 Å². The van der Waals surface area contributed by atoms with E-state index in [0.29, 0.717) is 5.13 Å². The van der Waals surface area contributed by atoms with Crippen LogP contribution in [0.4, 0.5) is 5.13 Å². The average molecular weight is 200 g/mol. The summed E-state index contributed by atoms with van der Waals surface area (Å²) in [5.41, 5.74) is 0.908. The van der Waals surface area contributed by atoms with Crippen molar-refractivity contribution >= 4 is 22.4 Å². The van der Waals surface area contributed by atoms with Gasteiger partial charge in [0.1, 0.15) is 6.10 Å². The van der Waals surface area contributed by atoms with Crippen LogP contribution in [0, 0.1) is 6.92 Å². The zero-order chi connectivity index (χ0) is 9.84. The Kier molecular flexibility index (Phi) is 3.39. The number of carbonyl (C=O) groups excluding carboxylic acids is 1. The van der Waals surface area contributed by atoms with Crippen molar-refractivity contribution in [3.63, 3.8) is 0 Å². The third-order valence-electron chi connectivity index (χ3n) is 1.57. The maximum absolute atomic E-state index is 11.3. The molecule has 1 N–H and O–H groups in total. The van der Waals surface area contributed by atoms with Crippen LogP contribution in [-0.4, -0.2) is 24.1 Å². The fraction of sp³-hybridized carbons (Fsp3) is 0.500. The van der Waals surface area contributed by atoms with E-state index in [1.54, 1.807) is 6.92 Å². The number of rotatable bonds is 3. The first-order chi connectivity index (χ1) is 6.13. The Morgan fingerprint density at radius 3 is 2.92 bits per heavy atom. The predicted molar refractivity (Wildman–Crippen MR) is 52.0 cm³/mol. The second-order valence-corrected chi connectivity index (χ2v) is 3.52. The molecule has 0 radical (unpaired) electrons. The van der Waals surface area contributed by atoms with Crippen molar-refractivity contribution in [1.82, 2.24) is 4.98 Å². The summed E-state index contributed by atoms with van der Waals surface area (Å²) in [5, 5.41) is 5.16. The molecule has 0 saturated heterocycles. The van der Waals surface area contributed by atoms with Gasteiger partial charge in [-0.25, -0.2) is 4.98 Å². The lowest BCUT2D eigenvalue weighted by molar-refractivity contribution is -0.124. The molecule has 4 nitrogen and oxygen atoms in total. The lowest BCUT2D eigenvalue weighted by Gasteiger charge is -2.07. The van der Waals surface area contributed by atoms with E-state index in [1.807, 2.05) is 12.3 Å². The van der Waals surface area contributed by atoms with Crippen molar-refractivity contribution in [2.75, 3.05) is 12.4 Å². The molecule has 1 atom stereocenters. The van der Waals surface area contributed by atoms with E-state index < -0.39 is 6.10 Å². The molecule has 0 aliphatic heterocycles. The minimum absolute atomic E-state index is 0.170. The Bertz CT molecular complexity index is 298. The van der Waals surface area contributed by atoms with Crippen molar-refractivity contribution in [3.05, 3.63) is 11.1 Å². The zero-order valence-corrected chi connectivity index (χ0v) is 8.64. The van der Waals surface area contributed by atoms with Gasteiger partial charge in [0.05, 0.1) is 5.69 Å². The van der Waals surface area contributed by atoms with E-state index >= 15 is 0 Å². The number of ether oxygens (including phenoxy) is 1. The number of aromatic nitrogens is 1. The molecule has 13 heavy (non-hydrogen) atoms. The van der Waals surface area contributed by atoms with Crippen LogP contribution in [0.2, 0.25) is 0 Å². The van der Waals surface area contributed by atoms with E-state index in [-0.39, 0.29) is 5.91 Å². The monoisotopic (exact) mass is 200 g/mol. The van der Waals surface area contributed by atoms with E-state index in [2.05, 4.69) is 10.3 Å². The first-order valence-corrected chi connectivity index (χ1v) is 4.77. The van der Waals surface area contributed by atoms with Crippen molar-refractivity contribution in [3.8, 4) is 0 Å². The molecular weight excluding hydrogens is 188 g/mol. The molecule has 0 aromatic carbocycles. The second-order valence-electron chi connectivity index (χ2n) is 2.66. The van der Waals surface area contributed by atoms with Crippen molar-refractivity contribution < 1.29 is 9.53 Å². The Morgan fingerprint density at radius 2 is 2.46 bits per heavy atom. The molecule has 1 amide bonds. The van der Waals surface area contributed by atoms with Gasteiger partial charge in [0, 0.05) is 12.5 Å². The van der Waals surface area contributed by atoms with Gasteiger partial charge in [0.2, 0.25) is 0 Å². The summed E-state index contributed by atoms with van der Waals surface area (Å²) in [5.74, 6) is -0.170. The third-order valence-corrected chi connectivity index (χ3v) is 2.45. The van der Waals surface area contributed by atoms with Crippen LogP contribution in [0.1, 0.15) is 12.6 Å². The smallest absolute Gasteiger partial charge is 0.254 e. The molecule has 1 unspecified atom stereocenters. The van der Waals surface area contributed by atoms with Crippen LogP contribution in [-0.2, 0) is 9.53 Å². The van der Waals surface area contributed by atoms with Gasteiger partial charge in [0.15, 0.2) is 5.13 Å². The summed E-state index contributed by atoms with van der Waals surface area (Å²) in [7, 11) is 1.50. The third kappa shape index (κ3) is 2.78. The van der Waals surface area contributed by atoms with E-state index in [9.17, 15) is 4.79 Å². The van der Waals surface area contributed by atoms with Crippen molar-refractivity contribution in [2.45, 2.75) is 20.0 Å². The molecule has 0 saturated carbocycles. The van der Waals surface area contributed by atoms with E-state index in [0.717, 1.165) is 5.69 Å². The summed E-state index contributed by atoms with van der Waals surface area (Å²) < 4.78 is 4.86. The minimum atomic E-state index is -0.441. The highest BCUT2D eigenvalue weighted by atomic mass is 32.1. The summed E-state index contributed by atoms with van der Waals surface area (Å²) in [4.78, 5) is 15.4. The molecular formula is C8H12N2O2S. The molecule has 1 rings (SSSR count). The fourth-order valence-corrected chi connectivity index (χ4v) is 1.42. The maximum atomic E-state index is 11.3. The summed E-state index contributed by atoms with van der Waals surface area (Å²) in [6.45, 7) is 3.57. The maximum Gasteiger partial charge on any atom is 0.254 e. The Morgan fingerprint density at radius 1 is 1.77 bits per heavy atom. The van der Waals surface area contributed by atoms with Crippen LogP contribution in [0.15, 0.2) is 5.38 Å². The average Bonchev–Trinajstić information content (AvgIpc) is 2.49. The van der Waals surface area contributed by atoms with Gasteiger partial charge < -0.3 is 4.74 Å². The number of methoxy groups -OCH3 is 1. The number of aryl methyl sites for hydroxylation is 1. The highest BCUT2D eigenvalue weighted by Crippen LogP contribution is 2.14. The van der Waals surface area contributed by atoms with Crippen molar-refractivity contribution in [2.24, 2.45) is 0 Å². The van der Waals surface area contributed by atoms with Crippen LogP contribution >= 0.6 is 11.3 Å². The normalized spacial score (nSPS) is 12.5. The highest BCUT2D eigenvalue weighted by Gasteiger charge is 2.12. The number of hydrogen-bond donors (Lipinski definition) is 1. The topological polar surface area (TPSA) is 51.2 Å². The predicted octanol–water partition coefficient (Wildman–Crippen LogP) is 1.42.